The summed E-state index contributed by atoms with van der Waals surface area (Å²) < 4.78 is 0.883. The van der Waals surface area contributed by atoms with E-state index in [4.69, 9.17) is 5.11 Å². The SMILES string of the molecule is CC(CN1CC(=O)N(C)c2ccc(I)cc2C1=O)C(=O)O. The maximum atomic E-state index is 12.6. The van der Waals surface area contributed by atoms with Crippen LogP contribution in [0.5, 0.6) is 0 Å². The molecule has 1 aliphatic rings. The molecule has 1 N–H and O–H groups in total. The van der Waals surface area contributed by atoms with Crippen molar-refractivity contribution in [2.75, 3.05) is 25.0 Å². The van der Waals surface area contributed by atoms with E-state index in [1.165, 1.54) is 16.7 Å². The molecule has 1 heterocycles. The van der Waals surface area contributed by atoms with E-state index in [1.807, 2.05) is 6.07 Å². The van der Waals surface area contributed by atoms with Gasteiger partial charge < -0.3 is 14.9 Å². The molecule has 2 amide bonds. The third kappa shape index (κ3) is 3.17. The highest BCUT2D eigenvalue weighted by Gasteiger charge is 2.31. The Bertz CT molecular complexity index is 617. The number of likely N-dealkylation sites (N-methyl/N-ethyl adjacent to an activating group) is 1. The molecule has 2 rings (SSSR count). The Morgan fingerprint density at radius 3 is 2.71 bits per heavy atom. The van der Waals surface area contributed by atoms with Gasteiger partial charge in [-0.3, -0.25) is 14.4 Å². The summed E-state index contributed by atoms with van der Waals surface area (Å²) >= 11 is 2.10. The van der Waals surface area contributed by atoms with Crippen LogP contribution in [0.3, 0.4) is 0 Å². The number of rotatable bonds is 3. The molecule has 112 valence electrons. The molecule has 0 radical (unpaired) electrons. The van der Waals surface area contributed by atoms with E-state index in [-0.39, 0.29) is 24.9 Å². The van der Waals surface area contributed by atoms with E-state index in [1.54, 1.807) is 19.2 Å². The number of benzene rings is 1. The quantitative estimate of drug-likeness (QED) is 0.777. The summed E-state index contributed by atoms with van der Waals surface area (Å²) in [5, 5.41) is 8.99. The molecule has 0 saturated carbocycles. The lowest BCUT2D eigenvalue weighted by molar-refractivity contribution is -0.141. The second-order valence-electron chi connectivity index (χ2n) is 5.04. The van der Waals surface area contributed by atoms with Crippen LogP contribution in [0, 0.1) is 9.49 Å². The van der Waals surface area contributed by atoms with Crippen molar-refractivity contribution < 1.29 is 19.5 Å². The minimum atomic E-state index is -0.990. The molecule has 1 aromatic carbocycles. The fourth-order valence-electron chi connectivity index (χ4n) is 2.17. The Labute approximate surface area is 135 Å². The number of aliphatic carboxylic acids is 1. The van der Waals surface area contributed by atoms with Crippen LogP contribution in [-0.2, 0) is 9.59 Å². The normalized spacial score (nSPS) is 16.5. The molecule has 1 unspecified atom stereocenters. The highest BCUT2D eigenvalue weighted by molar-refractivity contribution is 14.1. The Morgan fingerprint density at radius 2 is 2.10 bits per heavy atom. The van der Waals surface area contributed by atoms with Crippen LogP contribution in [0.15, 0.2) is 18.2 Å². The summed E-state index contributed by atoms with van der Waals surface area (Å²) in [6.45, 7) is 1.42. The fraction of sp³-hybridized carbons (Fsp3) is 0.357. The molecule has 0 fully saturated rings. The molecule has 0 spiro atoms. The first-order valence-electron chi connectivity index (χ1n) is 6.39. The zero-order valence-electron chi connectivity index (χ0n) is 11.7. The molecule has 1 aromatic rings. The average molecular weight is 402 g/mol. The van der Waals surface area contributed by atoms with Crippen molar-refractivity contribution in [3.63, 3.8) is 0 Å². The number of anilines is 1. The molecule has 7 heteroatoms. The standard InChI is InChI=1S/C14H15IN2O4/c1-8(14(20)21)6-17-7-12(18)16(2)11-4-3-9(15)5-10(11)13(17)19/h3-5,8H,6-7H2,1-2H3,(H,20,21). The first-order valence-corrected chi connectivity index (χ1v) is 7.47. The second kappa shape index (κ2) is 6.00. The lowest BCUT2D eigenvalue weighted by Crippen LogP contribution is -2.41. The summed E-state index contributed by atoms with van der Waals surface area (Å²) in [5.41, 5.74) is 0.976. The number of fused-ring (bicyclic) bond motifs is 1. The molecule has 6 nitrogen and oxygen atoms in total. The monoisotopic (exact) mass is 402 g/mol. The Hall–Kier alpha value is -1.64. The van der Waals surface area contributed by atoms with Gasteiger partial charge in [0.25, 0.3) is 5.91 Å². The molecule has 0 aromatic heterocycles. The highest BCUT2D eigenvalue weighted by atomic mass is 127. The number of carboxylic acids is 1. The number of halogens is 1. The van der Waals surface area contributed by atoms with Crippen LogP contribution in [0.2, 0.25) is 0 Å². The molecular formula is C14H15IN2O4. The van der Waals surface area contributed by atoms with Crippen LogP contribution >= 0.6 is 22.6 Å². The lowest BCUT2D eigenvalue weighted by Gasteiger charge is -2.22. The van der Waals surface area contributed by atoms with Gasteiger partial charge in [0.05, 0.1) is 17.2 Å². The van der Waals surface area contributed by atoms with Gasteiger partial charge in [0.2, 0.25) is 5.91 Å². The van der Waals surface area contributed by atoms with Crippen molar-refractivity contribution >= 4 is 46.1 Å². The van der Waals surface area contributed by atoms with Crippen LogP contribution in [0.25, 0.3) is 0 Å². The van der Waals surface area contributed by atoms with Crippen molar-refractivity contribution in [1.29, 1.82) is 0 Å². The van der Waals surface area contributed by atoms with Crippen molar-refractivity contribution in [2.24, 2.45) is 5.92 Å². The number of hydrogen-bond donors (Lipinski definition) is 1. The first kappa shape index (κ1) is 15.7. The number of hydrogen-bond acceptors (Lipinski definition) is 3. The predicted octanol–water partition coefficient (Wildman–Crippen LogP) is 1.43. The van der Waals surface area contributed by atoms with E-state index in [0.717, 1.165) is 3.57 Å². The molecule has 1 atom stereocenters. The van der Waals surface area contributed by atoms with Gasteiger partial charge in [-0.05, 0) is 40.8 Å². The minimum Gasteiger partial charge on any atom is -0.481 e. The van der Waals surface area contributed by atoms with Crippen LogP contribution < -0.4 is 4.90 Å². The molecule has 0 aliphatic carbocycles. The molecule has 0 saturated heterocycles. The van der Waals surface area contributed by atoms with Gasteiger partial charge in [-0.2, -0.15) is 0 Å². The summed E-state index contributed by atoms with van der Waals surface area (Å²) in [6, 6.07) is 5.27. The maximum Gasteiger partial charge on any atom is 0.308 e. The molecule has 1 aliphatic heterocycles. The van der Waals surface area contributed by atoms with Crippen molar-refractivity contribution in [1.82, 2.24) is 4.90 Å². The topological polar surface area (TPSA) is 77.9 Å². The predicted molar refractivity (Wildman–Crippen MR) is 85.3 cm³/mol. The van der Waals surface area contributed by atoms with E-state index in [2.05, 4.69) is 22.6 Å². The van der Waals surface area contributed by atoms with Gasteiger partial charge >= 0.3 is 5.97 Å². The second-order valence-corrected chi connectivity index (χ2v) is 6.28. The van der Waals surface area contributed by atoms with Crippen molar-refractivity contribution in [3.8, 4) is 0 Å². The third-order valence-corrected chi connectivity index (χ3v) is 4.12. The Morgan fingerprint density at radius 1 is 1.43 bits per heavy atom. The van der Waals surface area contributed by atoms with Gasteiger partial charge in [-0.1, -0.05) is 6.92 Å². The molecular weight excluding hydrogens is 387 g/mol. The van der Waals surface area contributed by atoms with Crippen molar-refractivity contribution in [3.05, 3.63) is 27.3 Å². The number of carbonyl (C=O) groups is 3. The van der Waals surface area contributed by atoms with Gasteiger partial charge in [0, 0.05) is 17.2 Å². The Balaban J connectivity index is 2.41. The minimum absolute atomic E-state index is 0.0126. The van der Waals surface area contributed by atoms with Gasteiger partial charge in [0.1, 0.15) is 6.54 Å². The van der Waals surface area contributed by atoms with Gasteiger partial charge in [-0.15, -0.1) is 0 Å². The number of amides is 2. The van der Waals surface area contributed by atoms with Crippen LogP contribution in [0.1, 0.15) is 17.3 Å². The largest absolute Gasteiger partial charge is 0.481 e. The third-order valence-electron chi connectivity index (χ3n) is 3.45. The number of nitrogens with zero attached hydrogens (tertiary/aromatic N) is 2. The molecule has 21 heavy (non-hydrogen) atoms. The zero-order chi connectivity index (χ0) is 15.7. The first-order chi connectivity index (χ1) is 9.81. The van der Waals surface area contributed by atoms with Gasteiger partial charge in [0.15, 0.2) is 0 Å². The Kier molecular flexibility index (Phi) is 4.50. The zero-order valence-corrected chi connectivity index (χ0v) is 13.8. The summed E-state index contributed by atoms with van der Waals surface area (Å²) in [5.74, 6) is -2.26. The fourth-order valence-corrected chi connectivity index (χ4v) is 2.67. The average Bonchev–Trinajstić information content (AvgIpc) is 2.51. The maximum absolute atomic E-state index is 12.6. The van der Waals surface area contributed by atoms with E-state index in [9.17, 15) is 14.4 Å². The highest BCUT2D eigenvalue weighted by Crippen LogP contribution is 2.26. The van der Waals surface area contributed by atoms with E-state index in [0.29, 0.717) is 11.3 Å². The molecule has 0 bridgehead atoms. The van der Waals surface area contributed by atoms with Crippen LogP contribution in [-0.4, -0.2) is 47.9 Å². The number of carboxylic acid groups (broad SMARTS) is 1. The smallest absolute Gasteiger partial charge is 0.308 e. The van der Waals surface area contributed by atoms with E-state index < -0.39 is 11.9 Å². The summed E-state index contributed by atoms with van der Waals surface area (Å²) in [6.07, 6.45) is 0. The summed E-state index contributed by atoms with van der Waals surface area (Å²) in [4.78, 5) is 38.5. The van der Waals surface area contributed by atoms with Crippen molar-refractivity contribution in [2.45, 2.75) is 6.92 Å². The summed E-state index contributed by atoms with van der Waals surface area (Å²) in [7, 11) is 1.62. The van der Waals surface area contributed by atoms with Gasteiger partial charge in [-0.25, -0.2) is 0 Å². The lowest BCUT2D eigenvalue weighted by atomic mass is 10.1. The van der Waals surface area contributed by atoms with E-state index >= 15 is 0 Å². The van der Waals surface area contributed by atoms with Crippen LogP contribution in [0.4, 0.5) is 5.69 Å². The number of carbonyl (C=O) groups excluding carboxylic acids is 2.